The zero-order valence-electron chi connectivity index (χ0n) is 11.5. The molecular formula is C15H24N2O. The lowest BCUT2D eigenvalue weighted by molar-refractivity contribution is 0.199. The first kappa shape index (κ1) is 13.4. The van der Waals surface area contributed by atoms with Gasteiger partial charge in [0.2, 0.25) is 0 Å². The summed E-state index contributed by atoms with van der Waals surface area (Å²) in [6.45, 7) is 7.85. The summed E-state index contributed by atoms with van der Waals surface area (Å²) in [4.78, 5) is 2.45. The minimum absolute atomic E-state index is 0.562. The summed E-state index contributed by atoms with van der Waals surface area (Å²) in [6, 6.07) is 6.91. The van der Waals surface area contributed by atoms with Crippen molar-refractivity contribution in [1.29, 1.82) is 0 Å². The van der Waals surface area contributed by atoms with Gasteiger partial charge in [0.1, 0.15) is 12.4 Å². The van der Waals surface area contributed by atoms with E-state index in [1.54, 1.807) is 0 Å². The molecule has 3 nitrogen and oxygen atoms in total. The zero-order chi connectivity index (χ0) is 13.0. The molecule has 0 aliphatic carbocycles. The molecule has 1 unspecified atom stereocenters. The van der Waals surface area contributed by atoms with Crippen molar-refractivity contribution in [3.8, 4) is 5.75 Å². The predicted molar refractivity (Wildman–Crippen MR) is 75.1 cm³/mol. The van der Waals surface area contributed by atoms with Gasteiger partial charge < -0.3 is 10.5 Å². The van der Waals surface area contributed by atoms with Crippen LogP contribution in [0.15, 0.2) is 18.2 Å². The SMILES string of the molecule is Cc1ccc(C)c(OCCN2CCCC2CN)c1. The Labute approximate surface area is 110 Å². The van der Waals surface area contributed by atoms with E-state index < -0.39 is 0 Å². The average molecular weight is 248 g/mol. The first-order valence-electron chi connectivity index (χ1n) is 6.85. The quantitative estimate of drug-likeness (QED) is 0.867. The molecule has 3 heteroatoms. The third-order valence-electron chi connectivity index (χ3n) is 3.75. The molecule has 0 radical (unpaired) electrons. The number of hydrogen-bond donors (Lipinski definition) is 1. The molecule has 100 valence electrons. The molecular weight excluding hydrogens is 224 g/mol. The van der Waals surface area contributed by atoms with E-state index >= 15 is 0 Å². The fraction of sp³-hybridized carbons (Fsp3) is 0.600. The number of nitrogens with zero attached hydrogens (tertiary/aromatic N) is 1. The van der Waals surface area contributed by atoms with Gasteiger partial charge in [-0.1, -0.05) is 12.1 Å². The summed E-state index contributed by atoms with van der Waals surface area (Å²) in [5.41, 5.74) is 8.22. The van der Waals surface area contributed by atoms with E-state index in [1.807, 2.05) is 0 Å². The van der Waals surface area contributed by atoms with Gasteiger partial charge in [0.15, 0.2) is 0 Å². The molecule has 1 atom stereocenters. The van der Waals surface area contributed by atoms with E-state index in [-0.39, 0.29) is 0 Å². The van der Waals surface area contributed by atoms with E-state index in [9.17, 15) is 0 Å². The van der Waals surface area contributed by atoms with Crippen LogP contribution >= 0.6 is 0 Å². The van der Waals surface area contributed by atoms with E-state index in [1.165, 1.54) is 24.0 Å². The topological polar surface area (TPSA) is 38.5 Å². The molecule has 2 rings (SSSR count). The maximum atomic E-state index is 5.89. The Hall–Kier alpha value is -1.06. The van der Waals surface area contributed by atoms with Crippen molar-refractivity contribution in [2.45, 2.75) is 32.7 Å². The smallest absolute Gasteiger partial charge is 0.122 e. The minimum atomic E-state index is 0.562. The summed E-state index contributed by atoms with van der Waals surface area (Å²) < 4.78 is 5.89. The number of aryl methyl sites for hydroxylation is 2. The van der Waals surface area contributed by atoms with Crippen molar-refractivity contribution in [3.05, 3.63) is 29.3 Å². The first-order valence-corrected chi connectivity index (χ1v) is 6.85. The number of ether oxygens (including phenoxy) is 1. The molecule has 1 aromatic carbocycles. The molecule has 0 aromatic heterocycles. The van der Waals surface area contributed by atoms with Gasteiger partial charge >= 0.3 is 0 Å². The number of hydrogen-bond acceptors (Lipinski definition) is 3. The molecule has 1 aliphatic heterocycles. The minimum Gasteiger partial charge on any atom is -0.492 e. The van der Waals surface area contributed by atoms with Crippen molar-refractivity contribution in [1.82, 2.24) is 4.90 Å². The molecule has 1 heterocycles. The van der Waals surface area contributed by atoms with Gasteiger partial charge in [-0.15, -0.1) is 0 Å². The fourth-order valence-corrected chi connectivity index (χ4v) is 2.59. The molecule has 1 aromatic rings. The number of likely N-dealkylation sites (tertiary alicyclic amines) is 1. The standard InChI is InChI=1S/C15H24N2O/c1-12-5-6-13(2)15(10-12)18-9-8-17-7-3-4-14(17)11-16/h5-6,10,14H,3-4,7-9,11,16H2,1-2H3. The molecule has 0 saturated carbocycles. The lowest BCUT2D eigenvalue weighted by Crippen LogP contribution is -2.37. The van der Waals surface area contributed by atoms with Gasteiger partial charge in [0, 0.05) is 19.1 Å². The van der Waals surface area contributed by atoms with Crippen LogP contribution in [0.4, 0.5) is 0 Å². The van der Waals surface area contributed by atoms with Crippen LogP contribution in [0.5, 0.6) is 5.75 Å². The van der Waals surface area contributed by atoms with Gasteiger partial charge in [-0.3, -0.25) is 4.90 Å². The van der Waals surface area contributed by atoms with Crippen LogP contribution < -0.4 is 10.5 Å². The lowest BCUT2D eigenvalue weighted by Gasteiger charge is -2.23. The molecule has 1 aliphatic rings. The van der Waals surface area contributed by atoms with Crippen molar-refractivity contribution >= 4 is 0 Å². The van der Waals surface area contributed by atoms with E-state index in [0.717, 1.165) is 32.0 Å². The van der Waals surface area contributed by atoms with Crippen LogP contribution in [0.2, 0.25) is 0 Å². The zero-order valence-corrected chi connectivity index (χ0v) is 11.5. The Bertz CT molecular complexity index is 392. The van der Waals surface area contributed by atoms with Crippen LogP contribution in [0, 0.1) is 13.8 Å². The fourth-order valence-electron chi connectivity index (χ4n) is 2.59. The maximum absolute atomic E-state index is 5.89. The Morgan fingerprint density at radius 2 is 2.22 bits per heavy atom. The second-order valence-corrected chi connectivity index (χ2v) is 5.19. The molecule has 0 spiro atoms. The van der Waals surface area contributed by atoms with Crippen LogP contribution in [-0.2, 0) is 0 Å². The number of benzene rings is 1. The molecule has 2 N–H and O–H groups in total. The second kappa shape index (κ2) is 6.21. The Morgan fingerprint density at radius 1 is 1.39 bits per heavy atom. The van der Waals surface area contributed by atoms with Crippen molar-refractivity contribution in [2.24, 2.45) is 5.73 Å². The largest absolute Gasteiger partial charge is 0.492 e. The van der Waals surface area contributed by atoms with Crippen LogP contribution in [0.25, 0.3) is 0 Å². The van der Waals surface area contributed by atoms with E-state index in [4.69, 9.17) is 10.5 Å². The third kappa shape index (κ3) is 3.24. The summed E-state index contributed by atoms with van der Waals surface area (Å²) in [6.07, 6.45) is 2.51. The van der Waals surface area contributed by atoms with Crippen LogP contribution in [0.1, 0.15) is 24.0 Å². The van der Waals surface area contributed by atoms with E-state index in [0.29, 0.717) is 6.04 Å². The Morgan fingerprint density at radius 3 is 3.00 bits per heavy atom. The highest BCUT2D eigenvalue weighted by Crippen LogP contribution is 2.20. The third-order valence-corrected chi connectivity index (χ3v) is 3.75. The highest BCUT2D eigenvalue weighted by Gasteiger charge is 2.22. The average Bonchev–Trinajstić information content (AvgIpc) is 2.81. The van der Waals surface area contributed by atoms with Crippen molar-refractivity contribution < 1.29 is 4.74 Å². The highest BCUT2D eigenvalue weighted by molar-refractivity contribution is 5.35. The lowest BCUT2D eigenvalue weighted by atomic mass is 10.1. The number of nitrogens with two attached hydrogens (primary N) is 1. The Balaban J connectivity index is 1.83. The maximum Gasteiger partial charge on any atom is 0.122 e. The Kier molecular flexibility index (Phi) is 4.61. The normalized spacial score (nSPS) is 20.3. The molecule has 18 heavy (non-hydrogen) atoms. The summed E-state index contributed by atoms with van der Waals surface area (Å²) >= 11 is 0. The summed E-state index contributed by atoms with van der Waals surface area (Å²) in [5.74, 6) is 1.01. The number of rotatable bonds is 5. The second-order valence-electron chi connectivity index (χ2n) is 5.19. The summed E-state index contributed by atoms with van der Waals surface area (Å²) in [7, 11) is 0. The molecule has 1 fully saturated rings. The van der Waals surface area contributed by atoms with Gasteiger partial charge in [-0.05, 0) is 50.4 Å². The van der Waals surface area contributed by atoms with Gasteiger partial charge in [0.25, 0.3) is 0 Å². The summed E-state index contributed by atoms with van der Waals surface area (Å²) in [5, 5.41) is 0. The van der Waals surface area contributed by atoms with Crippen LogP contribution in [0.3, 0.4) is 0 Å². The molecule has 0 bridgehead atoms. The molecule has 0 amide bonds. The molecule has 1 saturated heterocycles. The van der Waals surface area contributed by atoms with Crippen LogP contribution in [-0.4, -0.2) is 37.2 Å². The van der Waals surface area contributed by atoms with Crippen molar-refractivity contribution in [3.63, 3.8) is 0 Å². The van der Waals surface area contributed by atoms with E-state index in [2.05, 4.69) is 36.9 Å². The monoisotopic (exact) mass is 248 g/mol. The highest BCUT2D eigenvalue weighted by atomic mass is 16.5. The van der Waals surface area contributed by atoms with Gasteiger partial charge in [0.05, 0.1) is 0 Å². The predicted octanol–water partition coefficient (Wildman–Crippen LogP) is 2.11. The van der Waals surface area contributed by atoms with Gasteiger partial charge in [-0.2, -0.15) is 0 Å². The van der Waals surface area contributed by atoms with Crippen molar-refractivity contribution in [2.75, 3.05) is 26.2 Å². The first-order chi connectivity index (χ1) is 8.70. The van der Waals surface area contributed by atoms with Gasteiger partial charge in [-0.25, -0.2) is 0 Å².